The highest BCUT2D eigenvalue weighted by Gasteiger charge is 2.01. The van der Waals surface area contributed by atoms with Crippen molar-refractivity contribution in [3.8, 4) is 0 Å². The number of esters is 1. The molecule has 0 N–H and O–H groups in total. The van der Waals surface area contributed by atoms with Gasteiger partial charge in [-0.3, -0.25) is 4.79 Å². The minimum atomic E-state index is -0.0622. The van der Waals surface area contributed by atoms with Gasteiger partial charge in [-0.2, -0.15) is 12.6 Å². The first-order chi connectivity index (χ1) is 14.3. The summed E-state index contributed by atoms with van der Waals surface area (Å²) in [7, 11) is 0. The maximum Gasteiger partial charge on any atom is 0.305 e. The molecule has 0 aromatic carbocycles. The van der Waals surface area contributed by atoms with Crippen LogP contribution >= 0.6 is 12.6 Å². The van der Waals surface area contributed by atoms with Crippen LogP contribution in [0.3, 0.4) is 0 Å². The minimum absolute atomic E-state index is 0.0622. The summed E-state index contributed by atoms with van der Waals surface area (Å²) in [5.74, 6) is 0.551. The molecule has 2 nitrogen and oxygen atoms in total. The van der Waals surface area contributed by atoms with Crippen molar-refractivity contribution in [2.75, 3.05) is 12.4 Å². The predicted molar refractivity (Wildman–Crippen MR) is 132 cm³/mol. The van der Waals surface area contributed by atoms with E-state index in [1.165, 1.54) is 109 Å². The van der Waals surface area contributed by atoms with Crippen LogP contribution in [0.25, 0.3) is 0 Å². The Labute approximate surface area is 188 Å². The van der Waals surface area contributed by atoms with Crippen LogP contribution in [-0.4, -0.2) is 18.3 Å². The number of thiol groups is 1. The van der Waals surface area contributed by atoms with Crippen molar-refractivity contribution in [2.24, 2.45) is 0 Å². The minimum Gasteiger partial charge on any atom is -0.465 e. The maximum atomic E-state index is 11.3. The molecule has 0 spiro atoms. The molecule has 0 aromatic rings. The highest BCUT2D eigenvalue weighted by molar-refractivity contribution is 7.80. The van der Waals surface area contributed by atoms with Gasteiger partial charge in [0.1, 0.15) is 6.61 Å². The third-order valence-electron chi connectivity index (χ3n) is 5.50. The molecule has 0 aliphatic heterocycles. The second kappa shape index (κ2) is 25.6. The molecule has 0 saturated carbocycles. The molecule has 0 amide bonds. The SMILES string of the molecule is CCCCCCC/C=C/CCCCCCCCCCCCCCC(=O)OCCS. The van der Waals surface area contributed by atoms with E-state index in [0.717, 1.165) is 12.8 Å². The summed E-state index contributed by atoms with van der Waals surface area (Å²) < 4.78 is 5.02. The van der Waals surface area contributed by atoms with Gasteiger partial charge in [-0.15, -0.1) is 0 Å². The summed E-state index contributed by atoms with van der Waals surface area (Å²) in [6.07, 6.45) is 30.7. The van der Waals surface area contributed by atoms with Gasteiger partial charge in [-0.05, 0) is 32.1 Å². The second-order valence-electron chi connectivity index (χ2n) is 8.40. The Kier molecular flexibility index (Phi) is 25.2. The van der Waals surface area contributed by atoms with E-state index in [2.05, 4.69) is 31.7 Å². The molecule has 0 saturated heterocycles. The molecule has 0 aliphatic rings. The van der Waals surface area contributed by atoms with Gasteiger partial charge in [0.25, 0.3) is 0 Å². The van der Waals surface area contributed by atoms with Crippen LogP contribution in [0.15, 0.2) is 12.2 Å². The van der Waals surface area contributed by atoms with E-state index in [1.54, 1.807) is 0 Å². The van der Waals surface area contributed by atoms with Gasteiger partial charge in [-0.25, -0.2) is 0 Å². The van der Waals surface area contributed by atoms with Crippen LogP contribution in [0.1, 0.15) is 135 Å². The van der Waals surface area contributed by atoms with Gasteiger partial charge in [0, 0.05) is 12.2 Å². The van der Waals surface area contributed by atoms with Gasteiger partial charge < -0.3 is 4.74 Å². The summed E-state index contributed by atoms with van der Waals surface area (Å²) >= 11 is 4.03. The first kappa shape index (κ1) is 28.6. The zero-order valence-electron chi connectivity index (χ0n) is 19.5. The Morgan fingerprint density at radius 2 is 1.07 bits per heavy atom. The number of carbonyl (C=O) groups is 1. The Morgan fingerprint density at radius 3 is 1.52 bits per heavy atom. The first-order valence-corrected chi connectivity index (χ1v) is 13.4. The molecule has 0 atom stereocenters. The Bertz CT molecular complexity index is 355. The van der Waals surface area contributed by atoms with Crippen molar-refractivity contribution in [3.05, 3.63) is 12.2 Å². The monoisotopic (exact) mass is 426 g/mol. The lowest BCUT2D eigenvalue weighted by Gasteiger charge is -2.04. The molecule has 0 aliphatic carbocycles. The first-order valence-electron chi connectivity index (χ1n) is 12.7. The standard InChI is InChI=1S/C26H50O2S/c1-2-3-4-5-6-7-8-9-10-11-12-13-14-15-16-17-18-19-20-21-22-23-26(27)28-24-25-29/h8-9,29H,2-7,10-25H2,1H3/b9-8+. The number of hydrogen-bond donors (Lipinski definition) is 1. The van der Waals surface area contributed by atoms with Crippen molar-refractivity contribution in [1.29, 1.82) is 0 Å². The molecule has 0 heterocycles. The van der Waals surface area contributed by atoms with E-state index in [0.29, 0.717) is 18.8 Å². The van der Waals surface area contributed by atoms with Crippen molar-refractivity contribution in [1.82, 2.24) is 0 Å². The van der Waals surface area contributed by atoms with Crippen LogP contribution in [0.2, 0.25) is 0 Å². The highest BCUT2D eigenvalue weighted by Crippen LogP contribution is 2.13. The average molecular weight is 427 g/mol. The van der Waals surface area contributed by atoms with Crippen LogP contribution in [0, 0.1) is 0 Å². The summed E-state index contributed by atoms with van der Waals surface area (Å²) in [4.78, 5) is 11.3. The van der Waals surface area contributed by atoms with Crippen molar-refractivity contribution in [2.45, 2.75) is 135 Å². The van der Waals surface area contributed by atoms with E-state index in [4.69, 9.17) is 4.74 Å². The molecule has 0 bridgehead atoms. The molecule has 0 aromatic heterocycles. The lowest BCUT2D eigenvalue weighted by molar-refractivity contribution is -0.143. The number of hydrogen-bond acceptors (Lipinski definition) is 3. The third kappa shape index (κ3) is 25.5. The Balaban J connectivity index is 3.10. The third-order valence-corrected chi connectivity index (χ3v) is 5.68. The molecule has 29 heavy (non-hydrogen) atoms. The number of unbranched alkanes of at least 4 members (excludes halogenated alkanes) is 17. The van der Waals surface area contributed by atoms with Crippen LogP contribution in [0.5, 0.6) is 0 Å². The van der Waals surface area contributed by atoms with E-state index in [-0.39, 0.29) is 5.97 Å². The van der Waals surface area contributed by atoms with Gasteiger partial charge in [0.2, 0.25) is 0 Å². The van der Waals surface area contributed by atoms with Crippen molar-refractivity contribution < 1.29 is 9.53 Å². The summed E-state index contributed by atoms with van der Waals surface area (Å²) in [6.45, 7) is 2.72. The fraction of sp³-hybridized carbons (Fsp3) is 0.885. The van der Waals surface area contributed by atoms with Crippen LogP contribution in [-0.2, 0) is 9.53 Å². The van der Waals surface area contributed by atoms with Gasteiger partial charge in [0.05, 0.1) is 0 Å². The quantitative estimate of drug-likeness (QED) is 0.0764. The van der Waals surface area contributed by atoms with E-state index >= 15 is 0 Å². The fourth-order valence-electron chi connectivity index (χ4n) is 3.63. The average Bonchev–Trinajstić information content (AvgIpc) is 2.73. The zero-order valence-corrected chi connectivity index (χ0v) is 20.4. The lowest BCUT2D eigenvalue weighted by atomic mass is 10.0. The van der Waals surface area contributed by atoms with E-state index in [1.807, 2.05) is 0 Å². The zero-order chi connectivity index (χ0) is 21.3. The number of rotatable bonds is 23. The smallest absolute Gasteiger partial charge is 0.305 e. The number of ether oxygens (including phenoxy) is 1. The Morgan fingerprint density at radius 1 is 0.655 bits per heavy atom. The molecular weight excluding hydrogens is 376 g/mol. The van der Waals surface area contributed by atoms with Crippen LogP contribution in [0.4, 0.5) is 0 Å². The molecule has 172 valence electrons. The van der Waals surface area contributed by atoms with E-state index in [9.17, 15) is 4.79 Å². The molecule has 0 radical (unpaired) electrons. The van der Waals surface area contributed by atoms with Gasteiger partial charge >= 0.3 is 5.97 Å². The number of allylic oxidation sites excluding steroid dienone is 2. The highest BCUT2D eigenvalue weighted by atomic mass is 32.1. The second-order valence-corrected chi connectivity index (χ2v) is 8.85. The molecule has 3 heteroatoms. The molecular formula is C26H50O2S. The molecule has 0 unspecified atom stereocenters. The Hall–Kier alpha value is -0.440. The maximum absolute atomic E-state index is 11.3. The van der Waals surface area contributed by atoms with Gasteiger partial charge in [0.15, 0.2) is 0 Å². The predicted octanol–water partition coefficient (Wildman–Crippen LogP) is 8.84. The summed E-state index contributed by atoms with van der Waals surface area (Å²) in [5, 5.41) is 0. The summed E-state index contributed by atoms with van der Waals surface area (Å²) in [6, 6.07) is 0. The largest absolute Gasteiger partial charge is 0.465 e. The van der Waals surface area contributed by atoms with Crippen molar-refractivity contribution >= 4 is 18.6 Å². The normalized spacial score (nSPS) is 11.4. The molecule has 0 fully saturated rings. The number of carbonyl (C=O) groups excluding carboxylic acids is 1. The summed E-state index contributed by atoms with van der Waals surface area (Å²) in [5.41, 5.74) is 0. The fourth-order valence-corrected chi connectivity index (χ4v) is 3.72. The molecule has 0 rings (SSSR count). The topological polar surface area (TPSA) is 26.3 Å². The lowest BCUT2D eigenvalue weighted by Crippen LogP contribution is -2.06. The van der Waals surface area contributed by atoms with E-state index < -0.39 is 0 Å². The van der Waals surface area contributed by atoms with Crippen molar-refractivity contribution in [3.63, 3.8) is 0 Å². The van der Waals surface area contributed by atoms with Gasteiger partial charge in [-0.1, -0.05) is 109 Å². The van der Waals surface area contributed by atoms with Crippen LogP contribution < -0.4 is 0 Å².